The van der Waals surface area contributed by atoms with E-state index >= 15 is 0 Å². The summed E-state index contributed by atoms with van der Waals surface area (Å²) in [5.41, 5.74) is -0.969. The Morgan fingerprint density at radius 2 is 1.08 bits per heavy atom. The zero-order valence-electron chi connectivity index (χ0n) is 43.1. The van der Waals surface area contributed by atoms with Crippen molar-refractivity contribution in [2.75, 3.05) is 53.6 Å². The Labute approximate surface area is 390 Å². The molecule has 0 bridgehead atoms. The van der Waals surface area contributed by atoms with Crippen LogP contribution in [0.3, 0.4) is 0 Å². The number of esters is 3. The highest BCUT2D eigenvalue weighted by Crippen LogP contribution is 2.30. The van der Waals surface area contributed by atoms with Gasteiger partial charge in [0.1, 0.15) is 12.2 Å². The van der Waals surface area contributed by atoms with Gasteiger partial charge in [0.15, 0.2) is 0 Å². The minimum atomic E-state index is -0.500. The second-order valence-electron chi connectivity index (χ2n) is 20.9. The Kier molecular flexibility index (Phi) is 35.2. The number of hydrogen-bond acceptors (Lipinski definition) is 9. The van der Waals surface area contributed by atoms with Crippen LogP contribution in [-0.4, -0.2) is 99.5 Å². The van der Waals surface area contributed by atoms with Gasteiger partial charge in [-0.2, -0.15) is 0 Å². The Morgan fingerprint density at radius 1 is 0.603 bits per heavy atom. The molecular weight excluding hydrogens is 789 g/mol. The van der Waals surface area contributed by atoms with E-state index in [0.29, 0.717) is 32.8 Å². The fourth-order valence-corrected chi connectivity index (χ4v) is 8.76. The van der Waals surface area contributed by atoms with Crippen LogP contribution in [0.1, 0.15) is 248 Å². The van der Waals surface area contributed by atoms with Crippen molar-refractivity contribution in [3.05, 3.63) is 0 Å². The van der Waals surface area contributed by atoms with E-state index in [1.807, 2.05) is 32.8 Å². The summed E-state index contributed by atoms with van der Waals surface area (Å²) in [6, 6.07) is 0.203. The predicted octanol–water partition coefficient (Wildman–Crippen LogP) is 13.8. The van der Waals surface area contributed by atoms with E-state index in [1.54, 1.807) is 0 Å². The fourth-order valence-electron chi connectivity index (χ4n) is 8.76. The molecule has 0 aromatic heterocycles. The minimum Gasteiger partial charge on any atom is -0.465 e. The summed E-state index contributed by atoms with van der Waals surface area (Å²) in [6.07, 6.45) is 34.4. The Hall–Kier alpha value is -1.71. The summed E-state index contributed by atoms with van der Waals surface area (Å²) in [6.45, 7) is 19.1. The number of nitrogens with zero attached hydrogens (tertiary/aromatic N) is 2. The molecule has 63 heavy (non-hydrogen) atoms. The van der Waals surface area contributed by atoms with Gasteiger partial charge >= 0.3 is 17.9 Å². The Balaban J connectivity index is 2.49. The largest absolute Gasteiger partial charge is 0.465 e. The zero-order valence-corrected chi connectivity index (χ0v) is 43.1. The van der Waals surface area contributed by atoms with Crippen molar-refractivity contribution in [3.63, 3.8) is 0 Å². The number of ether oxygens (including phenoxy) is 4. The summed E-state index contributed by atoms with van der Waals surface area (Å²) in [4.78, 5) is 43.4. The van der Waals surface area contributed by atoms with Crippen LogP contribution in [0, 0.1) is 10.8 Å². The molecule has 0 radical (unpaired) electrons. The quantitative estimate of drug-likeness (QED) is 0.0337. The van der Waals surface area contributed by atoms with Gasteiger partial charge in [0, 0.05) is 32.2 Å². The summed E-state index contributed by atoms with van der Waals surface area (Å²) in [5.74, 6) is -0.239. The average molecular weight is 893 g/mol. The number of carbonyl (C=O) groups is 3. The van der Waals surface area contributed by atoms with Gasteiger partial charge in [0.2, 0.25) is 0 Å². The zero-order chi connectivity index (χ0) is 46.6. The number of likely N-dealkylation sites (tertiary alicyclic amines) is 1. The lowest BCUT2D eigenvalue weighted by molar-refractivity contribution is -0.161. The van der Waals surface area contributed by atoms with Gasteiger partial charge in [-0.25, -0.2) is 0 Å². The maximum Gasteiger partial charge on any atom is 0.311 e. The van der Waals surface area contributed by atoms with Crippen LogP contribution < -0.4 is 0 Å². The lowest BCUT2D eigenvalue weighted by atomic mass is 9.86. The molecule has 1 aliphatic heterocycles. The van der Waals surface area contributed by atoms with Gasteiger partial charge in [0.25, 0.3) is 0 Å². The molecule has 0 aromatic rings. The molecular formula is C54H104N2O7. The highest BCUT2D eigenvalue weighted by molar-refractivity contribution is 5.76. The van der Waals surface area contributed by atoms with Crippen LogP contribution in [0.2, 0.25) is 0 Å². The van der Waals surface area contributed by atoms with Crippen LogP contribution in [0.15, 0.2) is 0 Å². The van der Waals surface area contributed by atoms with E-state index in [-0.39, 0.29) is 36.2 Å². The molecule has 1 heterocycles. The molecule has 3 atom stereocenters. The van der Waals surface area contributed by atoms with Crippen molar-refractivity contribution >= 4 is 17.9 Å². The normalized spacial score (nSPS) is 16.5. The molecule has 0 N–H and O–H groups in total. The number of rotatable bonds is 43. The third-order valence-corrected chi connectivity index (χ3v) is 13.3. The number of hydrogen-bond donors (Lipinski definition) is 0. The van der Waals surface area contributed by atoms with Crippen molar-refractivity contribution in [1.29, 1.82) is 0 Å². The molecule has 2 unspecified atom stereocenters. The standard InChI is InChI=1S/C54H104N2O7/c1-10-13-16-19-21-22-23-26-34-43-61-51(58)53(4,5)39-31-32-40-56-45-49(62-50(57)37-41-55(8)9)44-47(56)46-60-42-33-27-25-30-38-54(6,7)52(59)63-48(35-28-18-15-12-3)36-29-24-20-17-14-11-2/h47-49H,10-46H2,1-9H3/t47?,48?,49-/m0/s1. The second kappa shape index (κ2) is 37.4. The molecule has 0 spiro atoms. The third kappa shape index (κ3) is 31.0. The molecule has 1 aliphatic rings. The van der Waals surface area contributed by atoms with Crippen molar-refractivity contribution < 1.29 is 33.3 Å². The molecule has 0 aliphatic carbocycles. The van der Waals surface area contributed by atoms with Gasteiger partial charge < -0.3 is 23.8 Å². The maximum absolute atomic E-state index is 13.4. The lowest BCUT2D eigenvalue weighted by Crippen LogP contribution is -2.34. The lowest BCUT2D eigenvalue weighted by Gasteiger charge is -2.27. The van der Waals surface area contributed by atoms with Crippen molar-refractivity contribution in [2.45, 2.75) is 266 Å². The average Bonchev–Trinajstić information content (AvgIpc) is 3.63. The fraction of sp³-hybridized carbons (Fsp3) is 0.944. The highest BCUT2D eigenvalue weighted by atomic mass is 16.6. The maximum atomic E-state index is 13.4. The monoisotopic (exact) mass is 893 g/mol. The summed E-state index contributed by atoms with van der Waals surface area (Å²) >= 11 is 0. The molecule has 0 amide bonds. The van der Waals surface area contributed by atoms with Gasteiger partial charge in [0.05, 0.1) is 30.5 Å². The third-order valence-electron chi connectivity index (χ3n) is 13.3. The van der Waals surface area contributed by atoms with E-state index in [1.165, 1.54) is 96.3 Å². The van der Waals surface area contributed by atoms with Crippen LogP contribution in [0.5, 0.6) is 0 Å². The molecule has 9 nitrogen and oxygen atoms in total. The smallest absolute Gasteiger partial charge is 0.311 e. The van der Waals surface area contributed by atoms with Gasteiger partial charge in [-0.1, -0.05) is 149 Å². The topological polar surface area (TPSA) is 94.6 Å². The van der Waals surface area contributed by atoms with E-state index < -0.39 is 10.8 Å². The van der Waals surface area contributed by atoms with Crippen molar-refractivity contribution in [1.82, 2.24) is 9.80 Å². The first-order chi connectivity index (χ1) is 30.2. The molecule has 0 aromatic carbocycles. The Morgan fingerprint density at radius 3 is 1.65 bits per heavy atom. The molecule has 1 rings (SSSR count). The van der Waals surface area contributed by atoms with Gasteiger partial charge in [-0.15, -0.1) is 0 Å². The van der Waals surface area contributed by atoms with Crippen molar-refractivity contribution in [2.24, 2.45) is 10.8 Å². The van der Waals surface area contributed by atoms with E-state index in [2.05, 4.69) is 39.5 Å². The Bertz CT molecular complexity index is 1130. The molecule has 1 saturated heterocycles. The van der Waals surface area contributed by atoms with E-state index in [0.717, 1.165) is 109 Å². The summed E-state index contributed by atoms with van der Waals surface area (Å²) < 4.78 is 24.2. The first-order valence-electron chi connectivity index (χ1n) is 26.8. The van der Waals surface area contributed by atoms with Gasteiger partial charge in [-0.3, -0.25) is 19.3 Å². The predicted molar refractivity (Wildman–Crippen MR) is 263 cm³/mol. The minimum absolute atomic E-state index is 0.0223. The molecule has 372 valence electrons. The summed E-state index contributed by atoms with van der Waals surface area (Å²) in [7, 11) is 3.94. The first-order valence-corrected chi connectivity index (χ1v) is 26.8. The second-order valence-corrected chi connectivity index (χ2v) is 20.9. The van der Waals surface area contributed by atoms with E-state index in [4.69, 9.17) is 18.9 Å². The SMILES string of the molecule is CCCCCCCCCCCOC(=O)C(C)(C)CCCCN1C[C@@H](OC(=O)CCN(C)C)CC1COCCCCCCC(C)(C)C(=O)OC(CCCCCC)CCCCCCCC. The molecule has 1 fully saturated rings. The van der Waals surface area contributed by atoms with Gasteiger partial charge in [-0.05, 0) is 106 Å². The van der Waals surface area contributed by atoms with Crippen molar-refractivity contribution in [3.8, 4) is 0 Å². The van der Waals surface area contributed by atoms with E-state index in [9.17, 15) is 14.4 Å². The molecule has 0 saturated carbocycles. The first kappa shape index (κ1) is 59.3. The van der Waals surface area contributed by atoms with Crippen LogP contribution >= 0.6 is 0 Å². The van der Waals surface area contributed by atoms with Crippen LogP contribution in [0.4, 0.5) is 0 Å². The number of carbonyl (C=O) groups excluding carboxylic acids is 3. The van der Waals surface area contributed by atoms with Crippen LogP contribution in [0.25, 0.3) is 0 Å². The number of unbranched alkanes of at least 4 members (excludes halogenated alkanes) is 20. The molecule has 9 heteroatoms. The highest BCUT2D eigenvalue weighted by Gasteiger charge is 2.35. The van der Waals surface area contributed by atoms with Crippen LogP contribution in [-0.2, 0) is 33.3 Å². The summed E-state index contributed by atoms with van der Waals surface area (Å²) in [5, 5.41) is 0.